The van der Waals surface area contributed by atoms with Crippen molar-refractivity contribution < 1.29 is 22.8 Å². The van der Waals surface area contributed by atoms with Gasteiger partial charge in [-0.3, -0.25) is 9.79 Å². The number of allylic oxidation sites excluding steroid dienone is 2. The van der Waals surface area contributed by atoms with Crippen molar-refractivity contribution >= 4 is 36.1 Å². The fraction of sp³-hybridized carbons (Fsp3) is 0.346. The highest BCUT2D eigenvalue weighted by Crippen LogP contribution is 2.22. The molecule has 40 heavy (non-hydrogen) atoms. The van der Waals surface area contributed by atoms with E-state index in [4.69, 9.17) is 11.1 Å². The molecule has 3 rings (SSSR count). The van der Waals surface area contributed by atoms with Crippen LogP contribution in [0, 0.1) is 5.41 Å². The second kappa shape index (κ2) is 13.6. The third kappa shape index (κ3) is 8.80. The second-order valence-electron chi connectivity index (χ2n) is 9.13. The lowest BCUT2D eigenvalue weighted by Crippen LogP contribution is -2.49. The number of nitrogens with two attached hydrogens (primary N) is 1. The number of hydrogen-bond acceptors (Lipinski definition) is 7. The van der Waals surface area contributed by atoms with Crippen LogP contribution in [0.15, 0.2) is 52.8 Å². The number of aliphatic imine (C=N–C) groups is 1. The number of hydrogen-bond donors (Lipinski definition) is 5. The van der Waals surface area contributed by atoms with E-state index in [0.29, 0.717) is 41.3 Å². The van der Waals surface area contributed by atoms with Gasteiger partial charge in [0, 0.05) is 67.2 Å². The minimum absolute atomic E-state index is 0.0775. The van der Waals surface area contributed by atoms with Gasteiger partial charge in [-0.1, -0.05) is 12.1 Å². The molecule has 2 aromatic rings. The summed E-state index contributed by atoms with van der Waals surface area (Å²) in [4.78, 5) is 40.2. The van der Waals surface area contributed by atoms with Gasteiger partial charge in [0.1, 0.15) is 18.4 Å². The molecule has 2 heterocycles. The normalized spacial score (nSPS) is 16.2. The summed E-state index contributed by atoms with van der Waals surface area (Å²) in [6, 6.07) is 4.87. The highest BCUT2D eigenvalue weighted by atomic mass is 19.4. The Morgan fingerprint density at radius 1 is 1.25 bits per heavy atom. The van der Waals surface area contributed by atoms with Crippen LogP contribution in [-0.4, -0.2) is 96.1 Å². The standard InChI is InChI=1S/C26H32F3N9O2/c1-17(24(39)38-8-6-37(2)7-9-38)32-14-20(13-31)19(12-30)11-23-33-15-22(36-23)18-4-3-5-21(10-18)35-25(40)34-16-26(27,28)29/h3-5,10-15,17,30H,6-9,16,31H2,1-2H3,(H,33,36)(H2,34,35,40)/b19-11+,20-13?,30-12?,32-14?. The van der Waals surface area contributed by atoms with E-state index in [-0.39, 0.29) is 11.6 Å². The van der Waals surface area contributed by atoms with Gasteiger partial charge >= 0.3 is 12.2 Å². The summed E-state index contributed by atoms with van der Waals surface area (Å²) in [6.07, 6.45) is 2.44. The van der Waals surface area contributed by atoms with Crippen LogP contribution in [0.3, 0.4) is 0 Å². The molecule has 14 heteroatoms. The van der Waals surface area contributed by atoms with Crippen LogP contribution in [0.2, 0.25) is 0 Å². The summed E-state index contributed by atoms with van der Waals surface area (Å²) in [5, 5.41) is 11.9. The quantitative estimate of drug-likeness (QED) is 0.236. The maximum atomic E-state index is 12.7. The fourth-order valence-electron chi connectivity index (χ4n) is 3.79. The van der Waals surface area contributed by atoms with Crippen LogP contribution >= 0.6 is 0 Å². The number of H-pyrrole nitrogens is 1. The molecule has 1 aromatic heterocycles. The number of aromatic nitrogens is 2. The SMILES string of the molecule is CC(N=CC(=CN)/C(C=N)=C/c1ncc(-c2cccc(NC(=O)NCC(F)(F)F)c2)[nH]1)C(=O)N1CCN(C)CC1. The summed E-state index contributed by atoms with van der Waals surface area (Å²) in [6.45, 7) is 3.16. The van der Waals surface area contributed by atoms with Crippen molar-refractivity contribution in [2.75, 3.05) is 45.1 Å². The van der Waals surface area contributed by atoms with E-state index >= 15 is 0 Å². The van der Waals surface area contributed by atoms with Crippen molar-refractivity contribution in [3.8, 4) is 11.3 Å². The zero-order valence-corrected chi connectivity index (χ0v) is 22.1. The number of halogens is 3. The highest BCUT2D eigenvalue weighted by molar-refractivity contribution is 6.01. The molecule has 1 unspecified atom stereocenters. The Balaban J connectivity index is 1.68. The Morgan fingerprint density at radius 2 is 1.98 bits per heavy atom. The summed E-state index contributed by atoms with van der Waals surface area (Å²) in [5.41, 5.74) is 8.07. The summed E-state index contributed by atoms with van der Waals surface area (Å²) in [5.74, 6) is 0.315. The smallest absolute Gasteiger partial charge is 0.404 e. The van der Waals surface area contributed by atoms with Gasteiger partial charge in [0.15, 0.2) is 0 Å². The van der Waals surface area contributed by atoms with Crippen LogP contribution in [0.5, 0.6) is 0 Å². The molecular formula is C26H32F3N9O2. The lowest BCUT2D eigenvalue weighted by molar-refractivity contribution is -0.133. The first-order chi connectivity index (χ1) is 19.0. The van der Waals surface area contributed by atoms with E-state index < -0.39 is 24.8 Å². The lowest BCUT2D eigenvalue weighted by atomic mass is 10.1. The third-order valence-electron chi connectivity index (χ3n) is 6.05. The summed E-state index contributed by atoms with van der Waals surface area (Å²) in [7, 11) is 2.01. The number of anilines is 1. The fourth-order valence-corrected chi connectivity index (χ4v) is 3.79. The molecule has 1 aromatic carbocycles. The Hall–Kier alpha value is -4.46. The van der Waals surface area contributed by atoms with Gasteiger partial charge in [-0.05, 0) is 32.2 Å². The van der Waals surface area contributed by atoms with E-state index in [1.54, 1.807) is 41.4 Å². The van der Waals surface area contributed by atoms with Gasteiger partial charge in [-0.25, -0.2) is 9.78 Å². The van der Waals surface area contributed by atoms with Crippen molar-refractivity contribution in [3.05, 3.63) is 53.6 Å². The van der Waals surface area contributed by atoms with Crippen molar-refractivity contribution in [3.63, 3.8) is 0 Å². The number of carbonyl (C=O) groups excluding carboxylic acids is 2. The minimum Gasteiger partial charge on any atom is -0.404 e. The number of alkyl halides is 3. The van der Waals surface area contributed by atoms with Gasteiger partial charge < -0.3 is 36.6 Å². The Bertz CT molecular complexity index is 1290. The van der Waals surface area contributed by atoms with Crippen LogP contribution in [-0.2, 0) is 4.79 Å². The molecule has 1 fully saturated rings. The molecular weight excluding hydrogens is 527 g/mol. The van der Waals surface area contributed by atoms with E-state index in [2.05, 4.69) is 25.2 Å². The van der Waals surface area contributed by atoms with Crippen molar-refractivity contribution in [2.45, 2.75) is 19.1 Å². The summed E-state index contributed by atoms with van der Waals surface area (Å²) >= 11 is 0. The van der Waals surface area contributed by atoms with Gasteiger partial charge in [0.25, 0.3) is 0 Å². The van der Waals surface area contributed by atoms with E-state index in [9.17, 15) is 22.8 Å². The van der Waals surface area contributed by atoms with Crippen molar-refractivity contribution in [2.24, 2.45) is 10.7 Å². The molecule has 6 N–H and O–H groups in total. The predicted octanol–water partition coefficient (Wildman–Crippen LogP) is 2.87. The monoisotopic (exact) mass is 559 g/mol. The molecule has 0 spiro atoms. The molecule has 3 amide bonds. The number of imidazole rings is 1. The van der Waals surface area contributed by atoms with Crippen molar-refractivity contribution in [1.29, 1.82) is 5.41 Å². The number of urea groups is 1. The number of nitrogens with zero attached hydrogens (tertiary/aromatic N) is 4. The molecule has 0 saturated carbocycles. The number of benzene rings is 1. The second-order valence-corrected chi connectivity index (χ2v) is 9.13. The van der Waals surface area contributed by atoms with Gasteiger partial charge in [-0.2, -0.15) is 13.2 Å². The summed E-state index contributed by atoms with van der Waals surface area (Å²) < 4.78 is 36.9. The molecule has 0 bridgehead atoms. The number of carbonyl (C=O) groups is 2. The first kappa shape index (κ1) is 30.1. The first-order valence-corrected chi connectivity index (χ1v) is 12.4. The maximum absolute atomic E-state index is 12.7. The van der Waals surface area contributed by atoms with Gasteiger partial charge in [-0.15, -0.1) is 0 Å². The zero-order chi connectivity index (χ0) is 29.3. The number of aromatic amines is 1. The average Bonchev–Trinajstić information content (AvgIpc) is 3.40. The molecule has 1 aliphatic heterocycles. The number of piperazine rings is 1. The minimum atomic E-state index is -4.51. The average molecular weight is 560 g/mol. The molecule has 214 valence electrons. The highest BCUT2D eigenvalue weighted by Gasteiger charge is 2.27. The van der Waals surface area contributed by atoms with Crippen LogP contribution in [0.25, 0.3) is 17.3 Å². The zero-order valence-electron chi connectivity index (χ0n) is 22.1. The number of rotatable bonds is 9. The van der Waals surface area contributed by atoms with E-state index in [1.165, 1.54) is 24.7 Å². The maximum Gasteiger partial charge on any atom is 0.405 e. The predicted molar refractivity (Wildman–Crippen MR) is 148 cm³/mol. The molecule has 0 aliphatic carbocycles. The number of amides is 3. The van der Waals surface area contributed by atoms with Crippen LogP contribution in [0.1, 0.15) is 12.7 Å². The van der Waals surface area contributed by atoms with Crippen molar-refractivity contribution in [1.82, 2.24) is 25.1 Å². The molecule has 1 atom stereocenters. The molecule has 1 saturated heterocycles. The largest absolute Gasteiger partial charge is 0.405 e. The first-order valence-electron chi connectivity index (χ1n) is 12.4. The van der Waals surface area contributed by atoms with Gasteiger partial charge in [0.05, 0.1) is 11.9 Å². The lowest BCUT2D eigenvalue weighted by Gasteiger charge is -2.33. The molecule has 0 radical (unpaired) electrons. The molecule has 11 nitrogen and oxygen atoms in total. The third-order valence-corrected chi connectivity index (χ3v) is 6.05. The number of nitrogens with one attached hydrogen (secondary N) is 4. The Morgan fingerprint density at radius 3 is 2.62 bits per heavy atom. The van der Waals surface area contributed by atoms with Crippen LogP contribution in [0.4, 0.5) is 23.7 Å². The van der Waals surface area contributed by atoms with E-state index in [1.807, 2.05) is 7.05 Å². The Labute approximate surface area is 229 Å². The Kier molecular flexibility index (Phi) is 10.2. The topological polar surface area (TPSA) is 156 Å². The van der Waals surface area contributed by atoms with Gasteiger partial charge in [0.2, 0.25) is 5.91 Å². The number of likely N-dealkylation sites (N-methyl/N-ethyl adjacent to an activating group) is 1. The molecule has 1 aliphatic rings. The van der Waals surface area contributed by atoms with E-state index in [0.717, 1.165) is 19.3 Å². The van der Waals surface area contributed by atoms with Crippen LogP contribution < -0.4 is 16.4 Å².